The molecule has 1 aliphatic rings. The summed E-state index contributed by atoms with van der Waals surface area (Å²) >= 11 is 6.24. The van der Waals surface area contributed by atoms with Crippen molar-refractivity contribution in [1.29, 1.82) is 0 Å². The first kappa shape index (κ1) is 12.9. The van der Waals surface area contributed by atoms with Gasteiger partial charge >= 0.3 is 0 Å². The number of halogens is 1. The van der Waals surface area contributed by atoms with Gasteiger partial charge in [-0.25, -0.2) is 0 Å². The zero-order valence-electron chi connectivity index (χ0n) is 10.6. The van der Waals surface area contributed by atoms with Gasteiger partial charge in [-0.1, -0.05) is 11.6 Å². The monoisotopic (exact) mass is 256 g/mol. The fourth-order valence-corrected chi connectivity index (χ4v) is 2.53. The van der Waals surface area contributed by atoms with E-state index in [2.05, 4.69) is 12.0 Å². The molecule has 1 heterocycles. The number of hydrogen-bond donors (Lipinski definition) is 1. The minimum atomic E-state index is -0.104. The van der Waals surface area contributed by atoms with E-state index in [-0.39, 0.29) is 6.10 Å². The second-order valence-corrected chi connectivity index (χ2v) is 5.34. The maximum Gasteiger partial charge on any atom is 0.0847 e. The SMILES string of the molecule is CCn1nc(C)c(Cl)c1CCCC(O)C1CC1. The zero-order chi connectivity index (χ0) is 12.4. The number of aliphatic hydroxyl groups is 1. The van der Waals surface area contributed by atoms with Crippen molar-refractivity contribution >= 4 is 11.6 Å². The topological polar surface area (TPSA) is 38.0 Å². The van der Waals surface area contributed by atoms with Crippen LogP contribution in [0.4, 0.5) is 0 Å². The molecule has 2 rings (SSSR count). The maximum atomic E-state index is 9.81. The summed E-state index contributed by atoms with van der Waals surface area (Å²) in [4.78, 5) is 0. The quantitative estimate of drug-likeness (QED) is 0.850. The molecule has 1 unspecified atom stereocenters. The van der Waals surface area contributed by atoms with Crippen LogP contribution in [0.2, 0.25) is 5.02 Å². The highest BCUT2D eigenvalue weighted by Gasteiger charge is 2.29. The highest BCUT2D eigenvalue weighted by molar-refractivity contribution is 6.31. The van der Waals surface area contributed by atoms with E-state index in [9.17, 15) is 5.11 Å². The Morgan fingerprint density at radius 2 is 2.24 bits per heavy atom. The molecule has 1 aromatic rings. The average molecular weight is 257 g/mol. The number of hydrogen-bond acceptors (Lipinski definition) is 2. The normalized spacial score (nSPS) is 17.4. The van der Waals surface area contributed by atoms with Gasteiger partial charge in [-0.3, -0.25) is 4.68 Å². The lowest BCUT2D eigenvalue weighted by molar-refractivity contribution is 0.139. The molecule has 1 fully saturated rings. The zero-order valence-corrected chi connectivity index (χ0v) is 11.4. The van der Waals surface area contributed by atoms with Gasteiger partial charge in [0.1, 0.15) is 0 Å². The molecule has 0 aromatic carbocycles. The van der Waals surface area contributed by atoms with E-state index in [4.69, 9.17) is 11.6 Å². The van der Waals surface area contributed by atoms with Crippen molar-refractivity contribution in [1.82, 2.24) is 9.78 Å². The summed E-state index contributed by atoms with van der Waals surface area (Å²) in [6.45, 7) is 4.87. The van der Waals surface area contributed by atoms with E-state index < -0.39 is 0 Å². The van der Waals surface area contributed by atoms with Crippen molar-refractivity contribution in [3.63, 3.8) is 0 Å². The average Bonchev–Trinajstić information content (AvgIpc) is 3.11. The smallest absolute Gasteiger partial charge is 0.0847 e. The fraction of sp³-hybridized carbons (Fsp3) is 0.769. The van der Waals surface area contributed by atoms with Crippen molar-refractivity contribution in [2.75, 3.05) is 0 Å². The van der Waals surface area contributed by atoms with E-state index in [0.29, 0.717) is 5.92 Å². The molecule has 17 heavy (non-hydrogen) atoms. The minimum absolute atomic E-state index is 0.104. The molecule has 3 nitrogen and oxygen atoms in total. The van der Waals surface area contributed by atoms with Gasteiger partial charge in [0, 0.05) is 6.54 Å². The van der Waals surface area contributed by atoms with Crippen LogP contribution in [-0.4, -0.2) is 21.0 Å². The molecular formula is C13H21ClN2O. The van der Waals surface area contributed by atoms with Crippen LogP contribution in [0.1, 0.15) is 44.0 Å². The third-order valence-corrected chi connectivity index (χ3v) is 4.02. The fourth-order valence-electron chi connectivity index (χ4n) is 2.30. The van der Waals surface area contributed by atoms with Crippen LogP contribution in [0.5, 0.6) is 0 Å². The molecule has 1 saturated carbocycles. The van der Waals surface area contributed by atoms with E-state index in [0.717, 1.165) is 42.2 Å². The van der Waals surface area contributed by atoms with Gasteiger partial charge in [0.05, 0.1) is 22.5 Å². The van der Waals surface area contributed by atoms with Gasteiger partial charge in [-0.15, -0.1) is 0 Å². The van der Waals surface area contributed by atoms with E-state index in [1.54, 1.807) is 0 Å². The van der Waals surface area contributed by atoms with Crippen molar-refractivity contribution in [2.45, 2.75) is 58.6 Å². The molecule has 0 saturated heterocycles. The molecule has 1 aromatic heterocycles. The van der Waals surface area contributed by atoms with Gasteiger partial charge < -0.3 is 5.11 Å². The molecule has 0 aliphatic heterocycles. The summed E-state index contributed by atoms with van der Waals surface area (Å²) in [5.74, 6) is 0.572. The highest BCUT2D eigenvalue weighted by atomic mass is 35.5. The Bertz CT molecular complexity index is 385. The molecule has 0 bridgehead atoms. The number of rotatable bonds is 6. The number of aromatic nitrogens is 2. The van der Waals surface area contributed by atoms with Crippen molar-refractivity contribution in [3.05, 3.63) is 16.4 Å². The van der Waals surface area contributed by atoms with Gasteiger partial charge in [-0.05, 0) is 51.9 Å². The number of nitrogens with zero attached hydrogens (tertiary/aromatic N) is 2. The van der Waals surface area contributed by atoms with Gasteiger partial charge in [0.2, 0.25) is 0 Å². The first-order chi connectivity index (χ1) is 8.13. The summed E-state index contributed by atoms with van der Waals surface area (Å²) < 4.78 is 1.97. The Morgan fingerprint density at radius 1 is 1.53 bits per heavy atom. The lowest BCUT2D eigenvalue weighted by atomic mass is 10.1. The molecule has 0 radical (unpaired) electrons. The standard InChI is InChI=1S/C13H21ClN2O/c1-3-16-11(13(14)9(2)15-16)5-4-6-12(17)10-7-8-10/h10,12,17H,3-8H2,1-2H3. The molecule has 1 N–H and O–H groups in total. The number of aliphatic hydroxyl groups excluding tert-OH is 1. The number of aryl methyl sites for hydroxylation is 2. The highest BCUT2D eigenvalue weighted by Crippen LogP contribution is 2.34. The molecule has 1 aliphatic carbocycles. The van der Waals surface area contributed by atoms with E-state index >= 15 is 0 Å². The Kier molecular flexibility index (Phi) is 4.10. The van der Waals surface area contributed by atoms with Crippen LogP contribution in [0, 0.1) is 12.8 Å². The molecule has 96 valence electrons. The van der Waals surface area contributed by atoms with Crippen LogP contribution >= 0.6 is 11.6 Å². The first-order valence-corrected chi connectivity index (χ1v) is 6.91. The van der Waals surface area contributed by atoms with Crippen LogP contribution in [-0.2, 0) is 13.0 Å². The summed E-state index contributed by atoms with van der Waals surface area (Å²) in [5.41, 5.74) is 2.03. The Labute approximate surface area is 108 Å². The molecular weight excluding hydrogens is 236 g/mol. The van der Waals surface area contributed by atoms with Crippen molar-refractivity contribution in [2.24, 2.45) is 5.92 Å². The van der Waals surface area contributed by atoms with Crippen LogP contribution in [0.3, 0.4) is 0 Å². The molecule has 0 amide bonds. The maximum absolute atomic E-state index is 9.81. The molecule has 1 atom stereocenters. The minimum Gasteiger partial charge on any atom is -0.393 e. The Morgan fingerprint density at radius 3 is 2.82 bits per heavy atom. The second-order valence-electron chi connectivity index (χ2n) is 4.96. The summed E-state index contributed by atoms with van der Waals surface area (Å²) in [6, 6.07) is 0. The summed E-state index contributed by atoms with van der Waals surface area (Å²) in [6.07, 6.45) is 5.09. The Balaban J connectivity index is 1.88. The van der Waals surface area contributed by atoms with Gasteiger partial charge in [-0.2, -0.15) is 5.10 Å². The van der Waals surface area contributed by atoms with Crippen LogP contribution in [0.25, 0.3) is 0 Å². The molecule has 4 heteroatoms. The first-order valence-electron chi connectivity index (χ1n) is 6.53. The van der Waals surface area contributed by atoms with Crippen molar-refractivity contribution < 1.29 is 5.11 Å². The predicted octanol–water partition coefficient (Wildman–Crippen LogP) is 2.96. The summed E-state index contributed by atoms with van der Waals surface area (Å²) in [7, 11) is 0. The van der Waals surface area contributed by atoms with E-state index in [1.807, 2.05) is 11.6 Å². The summed E-state index contributed by atoms with van der Waals surface area (Å²) in [5, 5.41) is 15.0. The van der Waals surface area contributed by atoms with E-state index in [1.165, 1.54) is 12.8 Å². The third kappa shape index (κ3) is 3.02. The largest absolute Gasteiger partial charge is 0.393 e. The molecule has 0 spiro atoms. The Hall–Kier alpha value is -0.540. The third-order valence-electron chi connectivity index (χ3n) is 3.53. The lowest BCUT2D eigenvalue weighted by Gasteiger charge is -2.09. The van der Waals surface area contributed by atoms with Gasteiger partial charge in [0.15, 0.2) is 0 Å². The van der Waals surface area contributed by atoms with Crippen molar-refractivity contribution in [3.8, 4) is 0 Å². The second kappa shape index (κ2) is 5.40. The lowest BCUT2D eigenvalue weighted by Crippen LogP contribution is -2.10. The van der Waals surface area contributed by atoms with Crippen LogP contribution < -0.4 is 0 Å². The predicted molar refractivity (Wildman–Crippen MR) is 69.3 cm³/mol. The van der Waals surface area contributed by atoms with Crippen LogP contribution in [0.15, 0.2) is 0 Å². The van der Waals surface area contributed by atoms with Gasteiger partial charge in [0.25, 0.3) is 0 Å².